The summed E-state index contributed by atoms with van der Waals surface area (Å²) in [6, 6.07) is 6.29. The molecule has 0 aromatic heterocycles. The summed E-state index contributed by atoms with van der Waals surface area (Å²) in [5.41, 5.74) is 0.894. The summed E-state index contributed by atoms with van der Waals surface area (Å²) in [4.78, 5) is 13.6. The van der Waals surface area contributed by atoms with Gasteiger partial charge in [0.2, 0.25) is 5.91 Å². The lowest BCUT2D eigenvalue weighted by molar-refractivity contribution is -0.135. The molecule has 1 N–H and O–H groups in total. The molecular formula is C13H17FN2O. The predicted molar refractivity (Wildman–Crippen MR) is 63.9 cm³/mol. The van der Waals surface area contributed by atoms with Crippen molar-refractivity contribution in [3.8, 4) is 0 Å². The van der Waals surface area contributed by atoms with Crippen LogP contribution in [-0.4, -0.2) is 29.4 Å². The van der Waals surface area contributed by atoms with Gasteiger partial charge in [0.15, 0.2) is 0 Å². The number of benzene rings is 1. The molecule has 1 aliphatic rings. The zero-order valence-corrected chi connectivity index (χ0v) is 10.2. The van der Waals surface area contributed by atoms with E-state index in [9.17, 15) is 9.18 Å². The fourth-order valence-corrected chi connectivity index (χ4v) is 2.00. The van der Waals surface area contributed by atoms with Crippen LogP contribution in [0.2, 0.25) is 0 Å². The highest BCUT2D eigenvalue weighted by atomic mass is 19.1. The number of nitrogens with one attached hydrogen (secondary N) is 1. The van der Waals surface area contributed by atoms with E-state index in [4.69, 9.17) is 0 Å². The fraction of sp³-hybridized carbons (Fsp3) is 0.462. The van der Waals surface area contributed by atoms with E-state index in [1.165, 1.54) is 12.1 Å². The first-order valence-electron chi connectivity index (χ1n) is 5.73. The predicted octanol–water partition coefficient (Wildman–Crippen LogP) is 1.54. The van der Waals surface area contributed by atoms with Crippen LogP contribution in [0.25, 0.3) is 0 Å². The van der Waals surface area contributed by atoms with E-state index < -0.39 is 0 Å². The minimum atomic E-state index is -0.249. The number of carbonyl (C=O) groups excluding carboxylic acids is 1. The van der Waals surface area contributed by atoms with E-state index >= 15 is 0 Å². The van der Waals surface area contributed by atoms with Crippen LogP contribution < -0.4 is 5.32 Å². The van der Waals surface area contributed by atoms with Crippen LogP contribution in [0.15, 0.2) is 24.3 Å². The van der Waals surface area contributed by atoms with Gasteiger partial charge in [0.05, 0.1) is 6.54 Å². The van der Waals surface area contributed by atoms with Crippen molar-refractivity contribution in [3.05, 3.63) is 35.6 Å². The Labute approximate surface area is 101 Å². The Hall–Kier alpha value is -1.42. The van der Waals surface area contributed by atoms with E-state index in [2.05, 4.69) is 19.2 Å². The summed E-state index contributed by atoms with van der Waals surface area (Å²) in [6.07, 6.45) is 0. The summed E-state index contributed by atoms with van der Waals surface area (Å²) in [5.74, 6) is -0.158. The second-order valence-corrected chi connectivity index (χ2v) is 5.11. The lowest BCUT2D eigenvalue weighted by Crippen LogP contribution is -2.59. The second kappa shape index (κ2) is 4.45. The minimum Gasteiger partial charge on any atom is -0.335 e. The van der Waals surface area contributed by atoms with Crippen LogP contribution in [0.3, 0.4) is 0 Å². The van der Waals surface area contributed by atoms with Crippen molar-refractivity contribution in [3.63, 3.8) is 0 Å². The Morgan fingerprint density at radius 2 is 2.00 bits per heavy atom. The number of hydrogen-bond donors (Lipinski definition) is 1. The van der Waals surface area contributed by atoms with Crippen LogP contribution in [-0.2, 0) is 11.3 Å². The number of rotatable bonds is 2. The first-order chi connectivity index (χ1) is 7.96. The quantitative estimate of drug-likeness (QED) is 0.844. The van der Waals surface area contributed by atoms with Gasteiger partial charge in [0, 0.05) is 18.6 Å². The molecule has 92 valence electrons. The zero-order chi connectivity index (χ0) is 12.5. The highest BCUT2D eigenvalue weighted by Gasteiger charge is 2.30. The van der Waals surface area contributed by atoms with Crippen molar-refractivity contribution < 1.29 is 9.18 Å². The molecule has 0 saturated carbocycles. The van der Waals surface area contributed by atoms with Gasteiger partial charge in [-0.05, 0) is 31.5 Å². The van der Waals surface area contributed by atoms with Gasteiger partial charge in [-0.3, -0.25) is 4.79 Å². The molecule has 4 heteroatoms. The molecule has 0 unspecified atom stereocenters. The van der Waals surface area contributed by atoms with Gasteiger partial charge in [-0.1, -0.05) is 12.1 Å². The maximum Gasteiger partial charge on any atom is 0.236 e. The normalized spacial score (nSPS) is 19.5. The topological polar surface area (TPSA) is 32.3 Å². The lowest BCUT2D eigenvalue weighted by atomic mass is 10.0. The van der Waals surface area contributed by atoms with Crippen LogP contribution in [0, 0.1) is 5.82 Å². The summed E-state index contributed by atoms with van der Waals surface area (Å²) < 4.78 is 12.8. The third-order valence-electron chi connectivity index (χ3n) is 2.94. The highest BCUT2D eigenvalue weighted by Crippen LogP contribution is 2.14. The Bertz CT molecular complexity index is 414. The smallest absolute Gasteiger partial charge is 0.236 e. The summed E-state index contributed by atoms with van der Waals surface area (Å²) in [5, 5.41) is 3.18. The maximum atomic E-state index is 12.8. The average Bonchev–Trinajstić information content (AvgIpc) is 2.26. The molecule has 1 fully saturated rings. The van der Waals surface area contributed by atoms with Crippen molar-refractivity contribution in [2.75, 3.05) is 13.1 Å². The standard InChI is InChI=1S/C13H17FN2O/c1-13(2)9-16(12(17)7-15-13)8-10-3-5-11(14)6-4-10/h3-6,15H,7-9H2,1-2H3. The van der Waals surface area contributed by atoms with E-state index in [0.717, 1.165) is 5.56 Å². The average molecular weight is 236 g/mol. The van der Waals surface area contributed by atoms with Crippen LogP contribution in [0.1, 0.15) is 19.4 Å². The molecule has 0 bridgehead atoms. The summed E-state index contributed by atoms with van der Waals surface area (Å²) >= 11 is 0. The largest absolute Gasteiger partial charge is 0.335 e. The molecule has 1 heterocycles. The molecule has 17 heavy (non-hydrogen) atoms. The number of nitrogens with zero attached hydrogens (tertiary/aromatic N) is 1. The second-order valence-electron chi connectivity index (χ2n) is 5.11. The first-order valence-corrected chi connectivity index (χ1v) is 5.73. The van der Waals surface area contributed by atoms with Crippen molar-refractivity contribution >= 4 is 5.91 Å². The molecule has 1 aromatic carbocycles. The van der Waals surface area contributed by atoms with Crippen LogP contribution in [0.4, 0.5) is 4.39 Å². The number of piperazine rings is 1. The Morgan fingerprint density at radius 3 is 2.65 bits per heavy atom. The number of carbonyl (C=O) groups is 1. The summed E-state index contributed by atoms with van der Waals surface area (Å²) in [6.45, 7) is 5.72. The molecule has 0 aliphatic carbocycles. The van der Waals surface area contributed by atoms with Crippen molar-refractivity contribution in [2.45, 2.75) is 25.9 Å². The number of hydrogen-bond acceptors (Lipinski definition) is 2. The zero-order valence-electron chi connectivity index (χ0n) is 10.2. The maximum absolute atomic E-state index is 12.8. The Morgan fingerprint density at radius 1 is 1.35 bits per heavy atom. The third kappa shape index (κ3) is 3.03. The van der Waals surface area contributed by atoms with E-state index in [-0.39, 0.29) is 17.3 Å². The molecule has 0 atom stereocenters. The van der Waals surface area contributed by atoms with Gasteiger partial charge in [-0.25, -0.2) is 4.39 Å². The van der Waals surface area contributed by atoms with Gasteiger partial charge in [0.25, 0.3) is 0 Å². The molecule has 2 rings (SSSR count). The number of amides is 1. The fourth-order valence-electron chi connectivity index (χ4n) is 2.00. The molecule has 1 aromatic rings. The van der Waals surface area contributed by atoms with E-state index in [0.29, 0.717) is 19.6 Å². The van der Waals surface area contributed by atoms with Crippen molar-refractivity contribution in [1.29, 1.82) is 0 Å². The van der Waals surface area contributed by atoms with Crippen molar-refractivity contribution in [2.24, 2.45) is 0 Å². The molecule has 0 spiro atoms. The monoisotopic (exact) mass is 236 g/mol. The third-order valence-corrected chi connectivity index (χ3v) is 2.94. The number of halogens is 1. The Balaban J connectivity index is 2.06. The molecule has 0 radical (unpaired) electrons. The highest BCUT2D eigenvalue weighted by molar-refractivity contribution is 5.79. The van der Waals surface area contributed by atoms with Crippen LogP contribution >= 0.6 is 0 Å². The van der Waals surface area contributed by atoms with Crippen LogP contribution in [0.5, 0.6) is 0 Å². The van der Waals surface area contributed by atoms with E-state index in [1.807, 2.05) is 4.90 Å². The lowest BCUT2D eigenvalue weighted by Gasteiger charge is -2.38. The van der Waals surface area contributed by atoms with Gasteiger partial charge >= 0.3 is 0 Å². The molecular weight excluding hydrogens is 219 g/mol. The van der Waals surface area contributed by atoms with Gasteiger partial charge < -0.3 is 10.2 Å². The molecule has 1 saturated heterocycles. The SMILES string of the molecule is CC1(C)CN(Cc2ccc(F)cc2)C(=O)CN1. The Kier molecular flexibility index (Phi) is 3.15. The first kappa shape index (κ1) is 12.0. The van der Waals surface area contributed by atoms with Gasteiger partial charge in [0.1, 0.15) is 5.82 Å². The molecule has 3 nitrogen and oxygen atoms in total. The molecule has 1 amide bonds. The van der Waals surface area contributed by atoms with Gasteiger partial charge in [-0.2, -0.15) is 0 Å². The van der Waals surface area contributed by atoms with Gasteiger partial charge in [-0.15, -0.1) is 0 Å². The molecule has 1 aliphatic heterocycles. The minimum absolute atomic E-state index is 0.0616. The van der Waals surface area contributed by atoms with Crippen molar-refractivity contribution in [1.82, 2.24) is 10.2 Å². The summed E-state index contributed by atoms with van der Waals surface area (Å²) in [7, 11) is 0. The van der Waals surface area contributed by atoms with E-state index in [1.54, 1.807) is 12.1 Å².